The lowest BCUT2D eigenvalue weighted by Crippen LogP contribution is -2.21. The Hall–Kier alpha value is 0.0500. The van der Waals surface area contributed by atoms with Gasteiger partial charge in [-0.3, -0.25) is 0 Å². The molecular weight excluding hydrogens is 240 g/mol. The summed E-state index contributed by atoms with van der Waals surface area (Å²) in [7, 11) is 0. The van der Waals surface area contributed by atoms with E-state index in [1.54, 1.807) is 6.07 Å². The third kappa shape index (κ3) is 4.52. The molecule has 0 aliphatic heterocycles. The van der Waals surface area contributed by atoms with Crippen molar-refractivity contribution in [2.75, 3.05) is 0 Å². The molecule has 0 fully saturated rings. The zero-order chi connectivity index (χ0) is 9.84. The van der Waals surface area contributed by atoms with Gasteiger partial charge in [-0.15, -0.1) is 12.4 Å². The minimum atomic E-state index is 0. The van der Waals surface area contributed by atoms with Crippen LogP contribution in [0.2, 0.25) is 10.0 Å². The van der Waals surface area contributed by atoms with Crippen molar-refractivity contribution >= 4 is 35.6 Å². The summed E-state index contributed by atoms with van der Waals surface area (Å²) in [4.78, 5) is 0. The van der Waals surface area contributed by atoms with Crippen molar-refractivity contribution in [2.45, 2.75) is 25.8 Å². The molecule has 0 spiro atoms. The van der Waals surface area contributed by atoms with Gasteiger partial charge in [0.25, 0.3) is 0 Å². The number of hydrogen-bond donors (Lipinski definition) is 1. The predicted molar refractivity (Wildman–Crippen MR) is 65.7 cm³/mol. The first-order valence-corrected chi connectivity index (χ1v) is 5.08. The van der Waals surface area contributed by atoms with Gasteiger partial charge in [0.2, 0.25) is 0 Å². The zero-order valence-corrected chi connectivity index (χ0v) is 10.3. The fourth-order valence-electron chi connectivity index (χ4n) is 1.18. The Kier molecular flexibility index (Phi) is 6.54. The molecule has 1 atom stereocenters. The van der Waals surface area contributed by atoms with Gasteiger partial charge < -0.3 is 5.73 Å². The first-order valence-electron chi connectivity index (χ1n) is 4.32. The van der Waals surface area contributed by atoms with E-state index in [0.29, 0.717) is 10.0 Å². The second kappa shape index (κ2) is 6.52. The van der Waals surface area contributed by atoms with Crippen molar-refractivity contribution in [1.82, 2.24) is 0 Å². The molecule has 0 bridgehead atoms. The third-order valence-corrected chi connectivity index (χ3v) is 2.38. The highest BCUT2D eigenvalue weighted by Crippen LogP contribution is 2.19. The van der Waals surface area contributed by atoms with Gasteiger partial charge in [-0.05, 0) is 36.6 Å². The van der Waals surface area contributed by atoms with Gasteiger partial charge in [0, 0.05) is 16.1 Å². The summed E-state index contributed by atoms with van der Waals surface area (Å²) in [6, 6.07) is 5.73. The predicted octanol–water partition coefficient (Wildman–Crippen LogP) is 3.70. The molecule has 1 aromatic carbocycles. The molecule has 1 rings (SSSR count). The smallest absolute Gasteiger partial charge is 0.0423 e. The first kappa shape index (κ1) is 14.1. The van der Waals surface area contributed by atoms with Crippen LogP contribution in [-0.2, 0) is 6.42 Å². The van der Waals surface area contributed by atoms with E-state index in [4.69, 9.17) is 28.9 Å². The van der Waals surface area contributed by atoms with Crippen LogP contribution in [0.4, 0.5) is 0 Å². The van der Waals surface area contributed by atoms with E-state index in [-0.39, 0.29) is 18.4 Å². The Morgan fingerprint density at radius 3 is 2.14 bits per heavy atom. The van der Waals surface area contributed by atoms with Crippen LogP contribution in [-0.4, -0.2) is 6.04 Å². The van der Waals surface area contributed by atoms with Crippen molar-refractivity contribution in [1.29, 1.82) is 0 Å². The van der Waals surface area contributed by atoms with Gasteiger partial charge >= 0.3 is 0 Å². The van der Waals surface area contributed by atoms with Crippen LogP contribution in [0.5, 0.6) is 0 Å². The molecule has 0 saturated carbocycles. The van der Waals surface area contributed by atoms with E-state index in [0.717, 1.165) is 18.4 Å². The Labute approximate surface area is 101 Å². The van der Waals surface area contributed by atoms with Crippen LogP contribution in [0, 0.1) is 0 Å². The molecule has 14 heavy (non-hydrogen) atoms. The zero-order valence-electron chi connectivity index (χ0n) is 7.97. The molecule has 80 valence electrons. The minimum Gasteiger partial charge on any atom is -0.327 e. The highest BCUT2D eigenvalue weighted by atomic mass is 35.5. The van der Waals surface area contributed by atoms with Gasteiger partial charge in [-0.2, -0.15) is 0 Å². The molecule has 2 N–H and O–H groups in total. The van der Waals surface area contributed by atoms with Gasteiger partial charge in [0.15, 0.2) is 0 Å². The monoisotopic (exact) mass is 253 g/mol. The highest BCUT2D eigenvalue weighted by molar-refractivity contribution is 6.34. The summed E-state index contributed by atoms with van der Waals surface area (Å²) >= 11 is 11.7. The van der Waals surface area contributed by atoms with Crippen molar-refractivity contribution in [2.24, 2.45) is 5.73 Å². The lowest BCUT2D eigenvalue weighted by atomic mass is 10.1. The van der Waals surface area contributed by atoms with Crippen LogP contribution in [0.25, 0.3) is 0 Å². The molecule has 0 radical (unpaired) electrons. The highest BCUT2D eigenvalue weighted by Gasteiger charge is 2.03. The van der Waals surface area contributed by atoms with E-state index < -0.39 is 0 Å². The number of rotatable bonds is 3. The molecule has 0 heterocycles. The van der Waals surface area contributed by atoms with Crippen LogP contribution in [0.3, 0.4) is 0 Å². The van der Waals surface area contributed by atoms with Crippen molar-refractivity contribution in [3.05, 3.63) is 33.8 Å². The average Bonchev–Trinajstić information content (AvgIpc) is 2.02. The Morgan fingerprint density at radius 1 is 1.21 bits per heavy atom. The summed E-state index contributed by atoms with van der Waals surface area (Å²) in [6.07, 6.45) is 1.79. The van der Waals surface area contributed by atoms with Crippen molar-refractivity contribution in [3.63, 3.8) is 0 Å². The minimum absolute atomic E-state index is 0. The normalized spacial score (nSPS) is 12.0. The molecule has 1 nitrogen and oxygen atoms in total. The maximum absolute atomic E-state index is 5.85. The lowest BCUT2D eigenvalue weighted by Gasteiger charge is -2.08. The quantitative estimate of drug-likeness (QED) is 0.875. The van der Waals surface area contributed by atoms with E-state index >= 15 is 0 Å². The number of hydrogen-bond acceptors (Lipinski definition) is 1. The fourth-order valence-corrected chi connectivity index (χ4v) is 1.75. The average molecular weight is 255 g/mol. The summed E-state index contributed by atoms with van der Waals surface area (Å²) in [5, 5.41) is 1.34. The number of halogens is 3. The molecule has 0 saturated heterocycles. The van der Waals surface area contributed by atoms with Crippen molar-refractivity contribution < 1.29 is 0 Å². The Morgan fingerprint density at radius 2 is 1.71 bits per heavy atom. The maximum Gasteiger partial charge on any atom is 0.0423 e. The third-order valence-electron chi connectivity index (χ3n) is 1.94. The number of benzene rings is 1. The molecule has 0 amide bonds. The molecule has 0 aromatic heterocycles. The lowest BCUT2D eigenvalue weighted by molar-refractivity contribution is 0.646. The SMILES string of the molecule is CCC(N)Cc1cc(Cl)cc(Cl)c1.Cl. The first-order chi connectivity index (χ1) is 6.11. The van der Waals surface area contributed by atoms with Crippen LogP contribution < -0.4 is 5.73 Å². The van der Waals surface area contributed by atoms with E-state index in [9.17, 15) is 0 Å². The maximum atomic E-state index is 5.85. The van der Waals surface area contributed by atoms with E-state index in [2.05, 4.69) is 6.92 Å². The Balaban J connectivity index is 0.00000169. The molecule has 0 aliphatic rings. The summed E-state index contributed by atoms with van der Waals surface area (Å²) in [5.74, 6) is 0. The van der Waals surface area contributed by atoms with E-state index in [1.165, 1.54) is 0 Å². The molecule has 4 heteroatoms. The summed E-state index contributed by atoms with van der Waals surface area (Å²) < 4.78 is 0. The van der Waals surface area contributed by atoms with Crippen LogP contribution in [0.1, 0.15) is 18.9 Å². The largest absolute Gasteiger partial charge is 0.327 e. The summed E-state index contributed by atoms with van der Waals surface area (Å²) in [6.45, 7) is 2.07. The van der Waals surface area contributed by atoms with Gasteiger partial charge in [-0.25, -0.2) is 0 Å². The molecular formula is C10H14Cl3N. The Bertz CT molecular complexity index is 268. The molecule has 1 aromatic rings. The van der Waals surface area contributed by atoms with Gasteiger partial charge in [0.05, 0.1) is 0 Å². The van der Waals surface area contributed by atoms with Gasteiger partial charge in [-0.1, -0.05) is 30.1 Å². The van der Waals surface area contributed by atoms with Crippen LogP contribution >= 0.6 is 35.6 Å². The standard InChI is InChI=1S/C10H13Cl2N.ClH/c1-2-10(13)5-7-3-8(11)6-9(12)4-7;/h3-4,6,10H,2,5,13H2,1H3;1H. The van der Waals surface area contributed by atoms with Gasteiger partial charge in [0.1, 0.15) is 0 Å². The second-order valence-corrected chi connectivity index (χ2v) is 4.02. The fraction of sp³-hybridized carbons (Fsp3) is 0.400. The van der Waals surface area contributed by atoms with Crippen molar-refractivity contribution in [3.8, 4) is 0 Å². The molecule has 0 aliphatic carbocycles. The van der Waals surface area contributed by atoms with E-state index in [1.807, 2.05) is 12.1 Å². The molecule has 1 unspecified atom stereocenters. The van der Waals surface area contributed by atoms with Crippen LogP contribution in [0.15, 0.2) is 18.2 Å². The topological polar surface area (TPSA) is 26.0 Å². The summed E-state index contributed by atoms with van der Waals surface area (Å²) in [5.41, 5.74) is 6.92. The number of nitrogens with two attached hydrogens (primary N) is 1. The second-order valence-electron chi connectivity index (χ2n) is 3.15.